The molecule has 98 valence electrons. The molecule has 1 aromatic carbocycles. The summed E-state index contributed by atoms with van der Waals surface area (Å²) in [6.45, 7) is 8.77. The second kappa shape index (κ2) is 4.85. The van der Waals surface area contributed by atoms with Gasteiger partial charge in [-0.2, -0.15) is 0 Å². The number of carbonyl (C=O) groups is 1. The van der Waals surface area contributed by atoms with E-state index in [1.54, 1.807) is 0 Å². The largest absolute Gasteiger partial charge is 0.367 e. The Morgan fingerprint density at radius 3 is 2.39 bits per heavy atom. The van der Waals surface area contributed by atoms with Gasteiger partial charge in [-0.15, -0.1) is 0 Å². The van der Waals surface area contributed by atoms with Crippen molar-refractivity contribution in [2.45, 2.75) is 52.6 Å². The molecule has 1 heterocycles. The van der Waals surface area contributed by atoms with Crippen molar-refractivity contribution in [3.63, 3.8) is 0 Å². The minimum absolute atomic E-state index is 0.141. The van der Waals surface area contributed by atoms with Crippen molar-refractivity contribution in [1.29, 1.82) is 0 Å². The van der Waals surface area contributed by atoms with Crippen molar-refractivity contribution in [2.24, 2.45) is 0 Å². The first-order valence-corrected chi connectivity index (χ1v) is 6.71. The van der Waals surface area contributed by atoms with Gasteiger partial charge in [-0.3, -0.25) is 4.79 Å². The Morgan fingerprint density at radius 1 is 1.11 bits per heavy atom. The fourth-order valence-electron chi connectivity index (χ4n) is 2.60. The van der Waals surface area contributed by atoms with E-state index in [-0.39, 0.29) is 5.78 Å². The van der Waals surface area contributed by atoms with Crippen molar-refractivity contribution >= 4 is 5.78 Å². The van der Waals surface area contributed by atoms with Crippen molar-refractivity contribution in [3.8, 4) is 0 Å². The van der Waals surface area contributed by atoms with Crippen molar-refractivity contribution in [2.75, 3.05) is 6.61 Å². The molecular formula is C16H22O2. The zero-order valence-electron chi connectivity index (χ0n) is 11.8. The van der Waals surface area contributed by atoms with Crippen LogP contribution in [0, 0.1) is 20.8 Å². The number of aryl methyl sites for hydroxylation is 3. The van der Waals surface area contributed by atoms with Crippen LogP contribution in [0.2, 0.25) is 0 Å². The Labute approximate surface area is 109 Å². The van der Waals surface area contributed by atoms with Gasteiger partial charge in [0.15, 0.2) is 5.78 Å². The third kappa shape index (κ3) is 2.35. The standard InChI is InChI=1S/C16H22O2/c1-11-9-13(3)14(10-12(11)2)15(17)16(4)7-5-6-8-18-16/h9-10H,5-8H2,1-4H3. The molecule has 0 aliphatic carbocycles. The highest BCUT2D eigenvalue weighted by molar-refractivity contribution is 6.03. The van der Waals surface area contributed by atoms with Crippen molar-refractivity contribution in [1.82, 2.24) is 0 Å². The summed E-state index contributed by atoms with van der Waals surface area (Å²) in [4.78, 5) is 12.7. The van der Waals surface area contributed by atoms with Crippen molar-refractivity contribution in [3.05, 3.63) is 34.4 Å². The highest BCUT2D eigenvalue weighted by atomic mass is 16.5. The van der Waals surface area contributed by atoms with Crippen LogP contribution in [0.25, 0.3) is 0 Å². The van der Waals surface area contributed by atoms with Crippen LogP contribution in [0.4, 0.5) is 0 Å². The van der Waals surface area contributed by atoms with Crippen LogP contribution >= 0.6 is 0 Å². The summed E-state index contributed by atoms with van der Waals surface area (Å²) >= 11 is 0. The van der Waals surface area contributed by atoms with E-state index in [9.17, 15) is 4.79 Å². The summed E-state index contributed by atoms with van der Waals surface area (Å²) in [5, 5.41) is 0. The molecular weight excluding hydrogens is 224 g/mol. The zero-order chi connectivity index (χ0) is 13.3. The van der Waals surface area contributed by atoms with Crippen LogP contribution in [0.1, 0.15) is 53.2 Å². The molecule has 2 nitrogen and oxygen atoms in total. The molecule has 0 saturated carbocycles. The molecule has 1 aliphatic heterocycles. The Bertz CT molecular complexity index is 468. The Kier molecular flexibility index (Phi) is 3.58. The van der Waals surface area contributed by atoms with E-state index in [0.29, 0.717) is 6.61 Å². The third-order valence-electron chi connectivity index (χ3n) is 4.03. The van der Waals surface area contributed by atoms with Crippen LogP contribution in [0.5, 0.6) is 0 Å². The van der Waals surface area contributed by atoms with Gasteiger partial charge in [-0.05, 0) is 69.7 Å². The number of ketones is 1. The van der Waals surface area contributed by atoms with Crippen LogP contribution in [-0.2, 0) is 4.74 Å². The fraction of sp³-hybridized carbons (Fsp3) is 0.562. The van der Waals surface area contributed by atoms with Crippen LogP contribution in [0.15, 0.2) is 12.1 Å². The lowest BCUT2D eigenvalue weighted by atomic mass is 9.85. The maximum atomic E-state index is 12.7. The predicted octanol–water partition coefficient (Wildman–Crippen LogP) is 3.75. The van der Waals surface area contributed by atoms with Gasteiger partial charge in [0.2, 0.25) is 0 Å². The number of benzene rings is 1. The summed E-state index contributed by atoms with van der Waals surface area (Å²) < 4.78 is 5.76. The van der Waals surface area contributed by atoms with Gasteiger partial charge in [-0.25, -0.2) is 0 Å². The minimum atomic E-state index is -0.620. The zero-order valence-corrected chi connectivity index (χ0v) is 11.8. The highest BCUT2D eigenvalue weighted by Gasteiger charge is 2.37. The van der Waals surface area contributed by atoms with Crippen LogP contribution in [0.3, 0.4) is 0 Å². The number of hydrogen-bond acceptors (Lipinski definition) is 2. The van der Waals surface area contributed by atoms with Crippen molar-refractivity contribution < 1.29 is 9.53 Å². The molecule has 1 saturated heterocycles. The molecule has 0 N–H and O–H groups in total. The van der Waals surface area contributed by atoms with E-state index in [2.05, 4.69) is 19.9 Å². The van der Waals surface area contributed by atoms with E-state index in [1.165, 1.54) is 11.1 Å². The van der Waals surface area contributed by atoms with Crippen LogP contribution < -0.4 is 0 Å². The highest BCUT2D eigenvalue weighted by Crippen LogP contribution is 2.30. The fourth-order valence-corrected chi connectivity index (χ4v) is 2.60. The first-order chi connectivity index (χ1) is 8.44. The predicted molar refractivity (Wildman–Crippen MR) is 73.2 cm³/mol. The Balaban J connectivity index is 2.36. The summed E-state index contributed by atoms with van der Waals surface area (Å²) in [7, 11) is 0. The smallest absolute Gasteiger partial charge is 0.194 e. The monoisotopic (exact) mass is 246 g/mol. The molecule has 0 bridgehead atoms. The molecule has 0 amide bonds. The number of ether oxygens (including phenoxy) is 1. The normalized spacial score (nSPS) is 24.0. The SMILES string of the molecule is Cc1cc(C)c(C(=O)C2(C)CCCCO2)cc1C. The first-order valence-electron chi connectivity index (χ1n) is 6.71. The molecule has 2 heteroatoms. The second-order valence-corrected chi connectivity index (χ2v) is 5.62. The lowest BCUT2D eigenvalue weighted by molar-refractivity contribution is -0.0426. The number of carbonyl (C=O) groups excluding carboxylic acids is 1. The Morgan fingerprint density at radius 2 is 1.78 bits per heavy atom. The van der Waals surface area contributed by atoms with E-state index < -0.39 is 5.60 Å². The lowest BCUT2D eigenvalue weighted by Gasteiger charge is -2.33. The molecule has 1 fully saturated rings. The quantitative estimate of drug-likeness (QED) is 0.743. The van der Waals surface area contributed by atoms with E-state index in [1.807, 2.05) is 19.9 Å². The van der Waals surface area contributed by atoms with Crippen LogP contribution in [-0.4, -0.2) is 18.0 Å². The molecule has 1 unspecified atom stereocenters. The average Bonchev–Trinajstić information content (AvgIpc) is 2.34. The van der Waals surface area contributed by atoms with Gasteiger partial charge in [0.1, 0.15) is 5.60 Å². The second-order valence-electron chi connectivity index (χ2n) is 5.62. The van der Waals surface area contributed by atoms with E-state index in [4.69, 9.17) is 4.74 Å². The van der Waals surface area contributed by atoms with E-state index >= 15 is 0 Å². The first kappa shape index (κ1) is 13.3. The maximum Gasteiger partial charge on any atom is 0.194 e. The topological polar surface area (TPSA) is 26.3 Å². The summed E-state index contributed by atoms with van der Waals surface area (Å²) in [5.41, 5.74) is 3.66. The van der Waals surface area contributed by atoms with Gasteiger partial charge >= 0.3 is 0 Å². The lowest BCUT2D eigenvalue weighted by Crippen LogP contribution is -2.41. The van der Waals surface area contributed by atoms with E-state index in [0.717, 1.165) is 30.4 Å². The number of hydrogen-bond donors (Lipinski definition) is 0. The summed E-state index contributed by atoms with van der Waals surface area (Å²) in [6.07, 6.45) is 2.97. The number of rotatable bonds is 2. The molecule has 0 aromatic heterocycles. The Hall–Kier alpha value is -1.15. The average molecular weight is 246 g/mol. The minimum Gasteiger partial charge on any atom is -0.367 e. The van der Waals surface area contributed by atoms with Gasteiger partial charge in [0, 0.05) is 12.2 Å². The van der Waals surface area contributed by atoms with Gasteiger partial charge in [-0.1, -0.05) is 6.07 Å². The molecule has 1 aromatic rings. The molecule has 2 rings (SSSR count). The van der Waals surface area contributed by atoms with Gasteiger partial charge in [0.05, 0.1) is 0 Å². The third-order valence-corrected chi connectivity index (χ3v) is 4.03. The molecule has 1 atom stereocenters. The van der Waals surface area contributed by atoms with Gasteiger partial charge < -0.3 is 4.74 Å². The van der Waals surface area contributed by atoms with Gasteiger partial charge in [0.25, 0.3) is 0 Å². The molecule has 0 radical (unpaired) electrons. The summed E-state index contributed by atoms with van der Waals surface area (Å²) in [6, 6.07) is 4.10. The molecule has 0 spiro atoms. The summed E-state index contributed by atoms with van der Waals surface area (Å²) in [5.74, 6) is 0.141. The molecule has 1 aliphatic rings. The molecule has 18 heavy (non-hydrogen) atoms. The number of Topliss-reactive ketones (excluding diaryl/α,β-unsaturated/α-hetero) is 1. The maximum absolute atomic E-state index is 12.7.